The smallest absolute Gasteiger partial charge is 0.247 e. The minimum absolute atomic E-state index is 0.0105. The maximum Gasteiger partial charge on any atom is 0.247 e. The van der Waals surface area contributed by atoms with Crippen LogP contribution in [0.4, 0.5) is 0 Å². The lowest BCUT2D eigenvalue weighted by Crippen LogP contribution is -2.32. The number of aromatic nitrogens is 2. The molecule has 3 rings (SSSR count). The molecule has 2 aromatic rings. The van der Waals surface area contributed by atoms with Gasteiger partial charge in [0.15, 0.2) is 11.5 Å². The summed E-state index contributed by atoms with van der Waals surface area (Å²) in [5.41, 5.74) is 1.00. The largest absolute Gasteiger partial charge is 0.454 e. The number of fused-ring (bicyclic) bond motifs is 1. The van der Waals surface area contributed by atoms with Gasteiger partial charge in [-0.25, -0.2) is 0 Å². The molecule has 1 aliphatic rings. The molecule has 1 atom stereocenters. The van der Waals surface area contributed by atoms with E-state index in [0.29, 0.717) is 6.54 Å². The number of rotatable bonds is 4. The lowest BCUT2D eigenvalue weighted by Gasteiger charge is -2.21. The van der Waals surface area contributed by atoms with Crippen molar-refractivity contribution >= 4 is 5.91 Å². The zero-order chi connectivity index (χ0) is 14.8. The number of ether oxygens (including phenoxy) is 2. The number of nitrogens with zero attached hydrogens (tertiary/aromatic N) is 3. The van der Waals surface area contributed by atoms with Gasteiger partial charge in [-0.05, 0) is 30.7 Å². The van der Waals surface area contributed by atoms with E-state index in [4.69, 9.17) is 9.47 Å². The molecule has 0 unspecified atom stereocenters. The number of benzene rings is 1. The normalized spacial score (nSPS) is 14.0. The zero-order valence-corrected chi connectivity index (χ0v) is 12.0. The van der Waals surface area contributed by atoms with Crippen LogP contribution in [0.3, 0.4) is 0 Å². The van der Waals surface area contributed by atoms with E-state index in [-0.39, 0.29) is 18.7 Å². The summed E-state index contributed by atoms with van der Waals surface area (Å²) in [6, 6.07) is 7.20. The summed E-state index contributed by atoms with van der Waals surface area (Å²) >= 11 is 0. The van der Waals surface area contributed by atoms with Gasteiger partial charge in [0.2, 0.25) is 12.7 Å². The number of hydrogen-bond acceptors (Lipinski definition) is 4. The van der Waals surface area contributed by atoms with Crippen molar-refractivity contribution in [2.75, 3.05) is 13.8 Å². The van der Waals surface area contributed by atoms with Crippen molar-refractivity contribution in [2.45, 2.75) is 19.5 Å². The van der Waals surface area contributed by atoms with Crippen LogP contribution in [-0.4, -0.2) is 34.4 Å². The predicted octanol–water partition coefficient (Wildman–Crippen LogP) is 1.83. The summed E-state index contributed by atoms with van der Waals surface area (Å²) in [6.45, 7) is 2.61. The molecule has 1 amide bonds. The summed E-state index contributed by atoms with van der Waals surface area (Å²) < 4.78 is 12.3. The second kappa shape index (κ2) is 5.47. The van der Waals surface area contributed by atoms with Crippen molar-refractivity contribution in [1.29, 1.82) is 0 Å². The van der Waals surface area contributed by atoms with Crippen LogP contribution in [0.2, 0.25) is 0 Å². The molecule has 0 fully saturated rings. The summed E-state index contributed by atoms with van der Waals surface area (Å²) in [5.74, 6) is 1.49. The first kappa shape index (κ1) is 13.5. The molecule has 0 aliphatic carbocycles. The van der Waals surface area contributed by atoms with Crippen LogP contribution in [0, 0.1) is 0 Å². The number of carbonyl (C=O) groups is 1. The van der Waals surface area contributed by atoms with Gasteiger partial charge in [0.05, 0.1) is 0 Å². The number of amides is 1. The van der Waals surface area contributed by atoms with Crippen molar-refractivity contribution in [3.63, 3.8) is 0 Å². The fourth-order valence-electron chi connectivity index (χ4n) is 2.33. The monoisotopic (exact) mass is 287 g/mol. The molecule has 0 bridgehead atoms. The van der Waals surface area contributed by atoms with Crippen LogP contribution in [0.1, 0.15) is 18.5 Å². The van der Waals surface area contributed by atoms with Crippen molar-refractivity contribution < 1.29 is 14.3 Å². The highest BCUT2D eigenvalue weighted by molar-refractivity contribution is 5.79. The van der Waals surface area contributed by atoms with Gasteiger partial charge < -0.3 is 14.4 Å². The van der Waals surface area contributed by atoms with Crippen LogP contribution < -0.4 is 9.47 Å². The molecule has 1 aliphatic heterocycles. The maximum absolute atomic E-state index is 12.4. The summed E-state index contributed by atoms with van der Waals surface area (Å²) in [5, 5.41) is 4.11. The molecule has 21 heavy (non-hydrogen) atoms. The topological polar surface area (TPSA) is 56.6 Å². The van der Waals surface area contributed by atoms with Crippen LogP contribution in [0.25, 0.3) is 0 Å². The molecule has 0 radical (unpaired) electrons. The lowest BCUT2D eigenvalue weighted by atomic mass is 10.2. The van der Waals surface area contributed by atoms with Gasteiger partial charge in [-0.1, -0.05) is 6.07 Å². The average Bonchev–Trinajstić information content (AvgIpc) is 3.16. The number of likely N-dealkylation sites (N-methyl/N-ethyl adjacent to an activating group) is 1. The number of carbonyl (C=O) groups excluding carboxylic acids is 1. The van der Waals surface area contributed by atoms with Gasteiger partial charge in [0.25, 0.3) is 0 Å². The molecule has 1 aromatic heterocycles. The highest BCUT2D eigenvalue weighted by atomic mass is 16.7. The van der Waals surface area contributed by atoms with Crippen molar-refractivity contribution in [1.82, 2.24) is 14.7 Å². The van der Waals surface area contributed by atoms with Crippen LogP contribution >= 0.6 is 0 Å². The third-order valence-corrected chi connectivity index (χ3v) is 3.51. The van der Waals surface area contributed by atoms with E-state index < -0.39 is 0 Å². The molecule has 110 valence electrons. The third kappa shape index (κ3) is 2.69. The van der Waals surface area contributed by atoms with Crippen LogP contribution in [0.15, 0.2) is 36.7 Å². The Bertz CT molecular complexity index is 640. The Morgan fingerprint density at radius 1 is 1.43 bits per heavy atom. The van der Waals surface area contributed by atoms with E-state index in [1.165, 1.54) is 0 Å². The van der Waals surface area contributed by atoms with Gasteiger partial charge in [-0.3, -0.25) is 9.48 Å². The molecule has 0 N–H and O–H groups in total. The first-order valence-corrected chi connectivity index (χ1v) is 6.78. The Labute approximate surface area is 122 Å². The van der Waals surface area contributed by atoms with Gasteiger partial charge in [-0.15, -0.1) is 0 Å². The van der Waals surface area contributed by atoms with Crippen LogP contribution in [0.5, 0.6) is 11.5 Å². The first-order valence-electron chi connectivity index (χ1n) is 6.78. The van der Waals surface area contributed by atoms with E-state index in [0.717, 1.165) is 17.1 Å². The second-order valence-electron chi connectivity index (χ2n) is 5.04. The summed E-state index contributed by atoms with van der Waals surface area (Å²) in [7, 11) is 1.78. The molecule has 6 nitrogen and oxygen atoms in total. The SMILES string of the molecule is C[C@H](C(=O)N(C)Cc1ccc2c(c1)OCO2)n1cccn1. The highest BCUT2D eigenvalue weighted by Gasteiger charge is 2.20. The summed E-state index contributed by atoms with van der Waals surface area (Å²) in [4.78, 5) is 14.1. The van der Waals surface area contributed by atoms with E-state index in [1.54, 1.807) is 29.0 Å². The Kier molecular flexibility index (Phi) is 3.51. The number of hydrogen-bond donors (Lipinski definition) is 0. The van der Waals surface area contributed by atoms with E-state index in [9.17, 15) is 4.79 Å². The standard InChI is InChI=1S/C15H17N3O3/c1-11(18-7-3-6-16-18)15(19)17(2)9-12-4-5-13-14(8-12)21-10-20-13/h3-8,11H,9-10H2,1-2H3/t11-/m1/s1. The quantitative estimate of drug-likeness (QED) is 0.861. The van der Waals surface area contributed by atoms with Crippen molar-refractivity contribution in [2.24, 2.45) is 0 Å². The maximum atomic E-state index is 12.4. The Balaban J connectivity index is 1.68. The average molecular weight is 287 g/mol. The molecule has 0 saturated carbocycles. The fourth-order valence-corrected chi connectivity index (χ4v) is 2.33. The lowest BCUT2D eigenvalue weighted by molar-refractivity contribution is -0.133. The Morgan fingerprint density at radius 3 is 3.00 bits per heavy atom. The molecule has 6 heteroatoms. The van der Waals surface area contributed by atoms with E-state index in [2.05, 4.69) is 5.10 Å². The van der Waals surface area contributed by atoms with E-state index in [1.807, 2.05) is 31.2 Å². The van der Waals surface area contributed by atoms with Crippen molar-refractivity contribution in [3.05, 3.63) is 42.2 Å². The van der Waals surface area contributed by atoms with Gasteiger partial charge in [0.1, 0.15) is 6.04 Å². The highest BCUT2D eigenvalue weighted by Crippen LogP contribution is 2.32. The minimum atomic E-state index is -0.320. The van der Waals surface area contributed by atoms with Gasteiger partial charge in [0, 0.05) is 26.0 Å². The van der Waals surface area contributed by atoms with E-state index >= 15 is 0 Å². The third-order valence-electron chi connectivity index (χ3n) is 3.51. The zero-order valence-electron chi connectivity index (χ0n) is 12.0. The molecule has 1 aromatic carbocycles. The summed E-state index contributed by atoms with van der Waals surface area (Å²) in [6.07, 6.45) is 3.46. The molecular formula is C15H17N3O3. The molecule has 2 heterocycles. The molecule has 0 saturated heterocycles. The minimum Gasteiger partial charge on any atom is -0.454 e. The predicted molar refractivity (Wildman–Crippen MR) is 76.0 cm³/mol. The van der Waals surface area contributed by atoms with Gasteiger partial charge in [-0.2, -0.15) is 5.10 Å². The van der Waals surface area contributed by atoms with Gasteiger partial charge >= 0.3 is 0 Å². The van der Waals surface area contributed by atoms with Crippen molar-refractivity contribution in [3.8, 4) is 11.5 Å². The first-order chi connectivity index (χ1) is 10.1. The van der Waals surface area contributed by atoms with Crippen LogP contribution in [-0.2, 0) is 11.3 Å². The fraction of sp³-hybridized carbons (Fsp3) is 0.333. The molecule has 0 spiro atoms. The molecular weight excluding hydrogens is 270 g/mol. The second-order valence-corrected chi connectivity index (χ2v) is 5.04. The Hall–Kier alpha value is -2.50. The Morgan fingerprint density at radius 2 is 2.24 bits per heavy atom.